The molecule has 0 radical (unpaired) electrons. The van der Waals surface area contributed by atoms with Crippen LogP contribution >= 0.6 is 11.3 Å². The minimum absolute atomic E-state index is 0.0175. The molecular formula is C30H34N2O5S. The Labute approximate surface area is 227 Å². The van der Waals surface area contributed by atoms with Gasteiger partial charge in [0.05, 0.1) is 19.3 Å². The van der Waals surface area contributed by atoms with Gasteiger partial charge in [-0.25, -0.2) is 0 Å². The number of thiophene rings is 1. The quantitative estimate of drug-likeness (QED) is 0.391. The van der Waals surface area contributed by atoms with Gasteiger partial charge in [0.25, 0.3) is 5.91 Å². The number of benzene rings is 2. The molecule has 3 heterocycles. The van der Waals surface area contributed by atoms with Crippen molar-refractivity contribution in [3.8, 4) is 11.5 Å². The van der Waals surface area contributed by atoms with Gasteiger partial charge in [-0.3, -0.25) is 9.59 Å². The fourth-order valence-corrected chi connectivity index (χ4v) is 6.06. The first-order chi connectivity index (χ1) is 18.5. The van der Waals surface area contributed by atoms with Crippen LogP contribution < -0.4 is 9.47 Å². The van der Waals surface area contributed by atoms with Crippen molar-refractivity contribution >= 4 is 23.2 Å². The summed E-state index contributed by atoms with van der Waals surface area (Å²) in [6.07, 6.45) is 2.58. The Morgan fingerprint density at radius 2 is 1.97 bits per heavy atom. The largest absolute Gasteiger partial charge is 0.497 e. The number of carbonyl (C=O) groups is 2. The molecule has 0 saturated carbocycles. The molecule has 8 heteroatoms. The summed E-state index contributed by atoms with van der Waals surface area (Å²) in [5.74, 6) is 1.09. The Morgan fingerprint density at radius 1 is 1.13 bits per heavy atom. The van der Waals surface area contributed by atoms with E-state index < -0.39 is 0 Å². The van der Waals surface area contributed by atoms with Crippen molar-refractivity contribution in [2.24, 2.45) is 0 Å². The lowest BCUT2D eigenvalue weighted by Crippen LogP contribution is -2.49. The highest BCUT2D eigenvalue weighted by atomic mass is 32.1. The van der Waals surface area contributed by atoms with Crippen molar-refractivity contribution in [3.05, 3.63) is 81.5 Å². The van der Waals surface area contributed by atoms with Gasteiger partial charge in [0.2, 0.25) is 5.91 Å². The highest BCUT2D eigenvalue weighted by Crippen LogP contribution is 2.34. The first kappa shape index (κ1) is 26.3. The maximum absolute atomic E-state index is 13.9. The number of aryl methyl sites for hydroxylation is 1. The van der Waals surface area contributed by atoms with Crippen molar-refractivity contribution < 1.29 is 23.8 Å². The van der Waals surface area contributed by atoms with Crippen molar-refractivity contribution in [1.29, 1.82) is 0 Å². The summed E-state index contributed by atoms with van der Waals surface area (Å²) in [5.41, 5.74) is 2.79. The van der Waals surface area contributed by atoms with Gasteiger partial charge in [0, 0.05) is 30.1 Å². The van der Waals surface area contributed by atoms with Crippen LogP contribution in [0.3, 0.4) is 0 Å². The minimum Gasteiger partial charge on any atom is -0.497 e. The van der Waals surface area contributed by atoms with Crippen LogP contribution in [0, 0.1) is 6.92 Å². The lowest BCUT2D eigenvalue weighted by molar-refractivity contribution is -0.135. The van der Waals surface area contributed by atoms with E-state index in [9.17, 15) is 9.59 Å². The average molecular weight is 535 g/mol. The van der Waals surface area contributed by atoms with Crippen LogP contribution in [0.5, 0.6) is 11.5 Å². The monoisotopic (exact) mass is 534 g/mol. The fraction of sp³-hybridized carbons (Fsp3) is 0.400. The van der Waals surface area contributed by atoms with E-state index >= 15 is 0 Å². The number of rotatable bonds is 9. The molecule has 2 unspecified atom stereocenters. The number of hydrogen-bond acceptors (Lipinski definition) is 6. The molecule has 1 fully saturated rings. The first-order valence-electron chi connectivity index (χ1n) is 13.1. The van der Waals surface area contributed by atoms with Gasteiger partial charge >= 0.3 is 0 Å². The van der Waals surface area contributed by atoms with Gasteiger partial charge in [-0.2, -0.15) is 0 Å². The number of amides is 2. The second-order valence-corrected chi connectivity index (χ2v) is 10.8. The Hall–Kier alpha value is -3.36. The fourth-order valence-electron chi connectivity index (χ4n) is 5.13. The van der Waals surface area contributed by atoms with E-state index in [0.29, 0.717) is 37.6 Å². The van der Waals surface area contributed by atoms with Crippen LogP contribution in [0.2, 0.25) is 0 Å². The van der Waals surface area contributed by atoms with E-state index in [-0.39, 0.29) is 30.5 Å². The summed E-state index contributed by atoms with van der Waals surface area (Å²) in [6.45, 7) is 4.03. The number of nitrogens with zero attached hydrogens (tertiary/aromatic N) is 2. The summed E-state index contributed by atoms with van der Waals surface area (Å²) >= 11 is 1.72. The van der Waals surface area contributed by atoms with Gasteiger partial charge in [-0.15, -0.1) is 11.3 Å². The standard InChI is InChI=1S/C30H34N2O5S/c1-21-8-10-23(11-9-21)37-20-27-26-13-16-38-28(26)12-14-32(27)29(33)19-31(18-25-7-4-15-36-25)30(34)22-5-3-6-24(17-22)35-2/h3,5-6,8-11,13,16-17,25,27H,4,7,12,14-15,18-20H2,1-2H3. The molecule has 1 saturated heterocycles. The molecule has 200 valence electrons. The zero-order chi connectivity index (χ0) is 26.5. The molecule has 5 rings (SSSR count). The highest BCUT2D eigenvalue weighted by molar-refractivity contribution is 7.10. The summed E-state index contributed by atoms with van der Waals surface area (Å²) in [4.78, 5) is 32.3. The number of carbonyl (C=O) groups excluding carboxylic acids is 2. The van der Waals surface area contributed by atoms with Gasteiger partial charge in [0.15, 0.2) is 0 Å². The maximum atomic E-state index is 13.9. The number of fused-ring (bicyclic) bond motifs is 1. The zero-order valence-corrected chi connectivity index (χ0v) is 22.7. The zero-order valence-electron chi connectivity index (χ0n) is 21.9. The summed E-state index contributed by atoms with van der Waals surface area (Å²) in [6, 6.07) is 16.9. The Bertz CT molecular complexity index is 1250. The van der Waals surface area contributed by atoms with Crippen LogP contribution in [0.1, 0.15) is 45.2 Å². The molecule has 2 amide bonds. The van der Waals surface area contributed by atoms with E-state index in [1.165, 1.54) is 10.4 Å². The van der Waals surface area contributed by atoms with Crippen molar-refractivity contribution in [2.75, 3.05) is 40.0 Å². The molecule has 0 bridgehead atoms. The van der Waals surface area contributed by atoms with Crippen LogP contribution in [-0.2, 0) is 16.0 Å². The SMILES string of the molecule is COc1cccc(C(=O)N(CC(=O)N2CCc3sccc3C2COc2ccc(C)cc2)CC2CCCO2)c1. The van der Waals surface area contributed by atoms with Crippen molar-refractivity contribution in [2.45, 2.75) is 38.3 Å². The maximum Gasteiger partial charge on any atom is 0.254 e. The molecule has 2 aliphatic heterocycles. The predicted octanol–water partition coefficient (Wildman–Crippen LogP) is 4.89. The third-order valence-electron chi connectivity index (χ3n) is 7.22. The van der Waals surface area contributed by atoms with E-state index in [1.807, 2.05) is 36.1 Å². The second-order valence-electron chi connectivity index (χ2n) is 9.83. The van der Waals surface area contributed by atoms with Crippen LogP contribution in [0.15, 0.2) is 60.0 Å². The van der Waals surface area contributed by atoms with E-state index in [1.54, 1.807) is 47.6 Å². The van der Waals surface area contributed by atoms with Crippen LogP contribution in [-0.4, -0.2) is 67.7 Å². The van der Waals surface area contributed by atoms with E-state index in [4.69, 9.17) is 14.2 Å². The molecule has 0 N–H and O–H groups in total. The summed E-state index contributed by atoms with van der Waals surface area (Å²) < 4.78 is 17.3. The van der Waals surface area contributed by atoms with Gasteiger partial charge in [0.1, 0.15) is 24.7 Å². The molecule has 0 aliphatic carbocycles. The smallest absolute Gasteiger partial charge is 0.254 e. The van der Waals surface area contributed by atoms with E-state index in [0.717, 1.165) is 30.6 Å². The van der Waals surface area contributed by atoms with Gasteiger partial charge in [-0.05, 0) is 73.5 Å². The van der Waals surface area contributed by atoms with Gasteiger partial charge < -0.3 is 24.0 Å². The molecule has 7 nitrogen and oxygen atoms in total. The molecular weight excluding hydrogens is 500 g/mol. The third kappa shape index (κ3) is 6.03. The predicted molar refractivity (Wildman–Crippen MR) is 147 cm³/mol. The average Bonchev–Trinajstić information content (AvgIpc) is 3.64. The Kier molecular flexibility index (Phi) is 8.29. The third-order valence-corrected chi connectivity index (χ3v) is 8.22. The molecule has 38 heavy (non-hydrogen) atoms. The van der Waals surface area contributed by atoms with Crippen molar-refractivity contribution in [3.63, 3.8) is 0 Å². The van der Waals surface area contributed by atoms with E-state index in [2.05, 4.69) is 11.4 Å². The van der Waals surface area contributed by atoms with Crippen LogP contribution in [0.4, 0.5) is 0 Å². The molecule has 3 aromatic rings. The van der Waals surface area contributed by atoms with Crippen molar-refractivity contribution in [1.82, 2.24) is 9.80 Å². The topological polar surface area (TPSA) is 68.3 Å². The molecule has 0 spiro atoms. The molecule has 1 aromatic heterocycles. The number of hydrogen-bond donors (Lipinski definition) is 0. The summed E-state index contributed by atoms with van der Waals surface area (Å²) in [5, 5.41) is 2.08. The molecule has 2 aliphatic rings. The van der Waals surface area contributed by atoms with Crippen LogP contribution in [0.25, 0.3) is 0 Å². The highest BCUT2D eigenvalue weighted by Gasteiger charge is 2.34. The molecule has 2 atom stereocenters. The lowest BCUT2D eigenvalue weighted by atomic mass is 10.00. The summed E-state index contributed by atoms with van der Waals surface area (Å²) in [7, 11) is 1.57. The van der Waals surface area contributed by atoms with Gasteiger partial charge in [-0.1, -0.05) is 23.8 Å². The number of ether oxygens (including phenoxy) is 3. The normalized spacial score (nSPS) is 18.6. The lowest BCUT2D eigenvalue weighted by Gasteiger charge is -2.37. The Balaban J connectivity index is 1.35. The first-order valence-corrected chi connectivity index (χ1v) is 14.0. The second kappa shape index (κ2) is 12.0. The molecule has 2 aromatic carbocycles. The Morgan fingerprint density at radius 3 is 2.74 bits per heavy atom. The minimum atomic E-state index is -0.213. The number of methoxy groups -OCH3 is 1.